The van der Waals surface area contributed by atoms with E-state index in [4.69, 9.17) is 5.11 Å². The largest absolute Gasteiger partial charge is 0.481 e. The lowest BCUT2D eigenvalue weighted by Crippen LogP contribution is -2.35. The molecule has 1 atom stereocenters. The number of rotatable bonds is 8. The number of nitrogens with one attached hydrogen (secondary N) is 1. The van der Waals surface area contributed by atoms with Gasteiger partial charge in [-0.2, -0.15) is 0 Å². The van der Waals surface area contributed by atoms with Crippen LogP contribution in [-0.2, 0) is 16.0 Å². The summed E-state index contributed by atoms with van der Waals surface area (Å²) in [4.78, 5) is 23.3. The SMILES string of the molecule is CCC(Cc1ccccc1Br)C(=O)NCCC(C)(C)C(=O)O. The second-order valence-corrected chi connectivity index (χ2v) is 6.99. The zero-order valence-corrected chi connectivity index (χ0v) is 14.9. The van der Waals surface area contributed by atoms with Gasteiger partial charge in [-0.25, -0.2) is 0 Å². The van der Waals surface area contributed by atoms with Gasteiger partial charge in [-0.1, -0.05) is 41.1 Å². The van der Waals surface area contributed by atoms with E-state index in [0.717, 1.165) is 16.5 Å². The summed E-state index contributed by atoms with van der Waals surface area (Å²) in [5, 5.41) is 11.9. The number of halogens is 1. The average molecular weight is 370 g/mol. The molecule has 1 rings (SSSR count). The van der Waals surface area contributed by atoms with Gasteiger partial charge in [-0.05, 0) is 44.7 Å². The zero-order valence-electron chi connectivity index (χ0n) is 13.4. The number of hydrogen-bond acceptors (Lipinski definition) is 2. The molecule has 0 aliphatic carbocycles. The molecule has 0 fully saturated rings. The van der Waals surface area contributed by atoms with Crippen molar-refractivity contribution < 1.29 is 14.7 Å². The summed E-state index contributed by atoms with van der Waals surface area (Å²) < 4.78 is 1.01. The molecule has 1 aromatic carbocycles. The first-order chi connectivity index (χ1) is 10.3. The number of hydrogen-bond donors (Lipinski definition) is 2. The summed E-state index contributed by atoms with van der Waals surface area (Å²) in [6.07, 6.45) is 1.83. The van der Waals surface area contributed by atoms with Crippen LogP contribution < -0.4 is 5.32 Å². The van der Waals surface area contributed by atoms with Crippen molar-refractivity contribution >= 4 is 27.8 Å². The molecule has 0 bridgehead atoms. The number of carbonyl (C=O) groups is 2. The van der Waals surface area contributed by atoms with E-state index in [1.807, 2.05) is 31.2 Å². The van der Waals surface area contributed by atoms with Crippen molar-refractivity contribution in [1.29, 1.82) is 0 Å². The Kier molecular flexibility index (Phi) is 7.07. The van der Waals surface area contributed by atoms with Crippen LogP contribution in [0.2, 0.25) is 0 Å². The quantitative estimate of drug-likeness (QED) is 0.734. The maximum Gasteiger partial charge on any atom is 0.309 e. The number of aliphatic carboxylic acids is 1. The van der Waals surface area contributed by atoms with Gasteiger partial charge in [-0.15, -0.1) is 0 Å². The zero-order chi connectivity index (χ0) is 16.8. The van der Waals surface area contributed by atoms with Gasteiger partial charge in [-0.3, -0.25) is 9.59 Å². The molecule has 22 heavy (non-hydrogen) atoms. The van der Waals surface area contributed by atoms with Gasteiger partial charge in [0.05, 0.1) is 5.41 Å². The number of carboxylic acids is 1. The van der Waals surface area contributed by atoms with Crippen LogP contribution in [-0.4, -0.2) is 23.5 Å². The number of carbonyl (C=O) groups excluding carboxylic acids is 1. The van der Waals surface area contributed by atoms with E-state index < -0.39 is 11.4 Å². The third kappa shape index (κ3) is 5.44. The number of carboxylic acid groups (broad SMARTS) is 1. The fourth-order valence-electron chi connectivity index (χ4n) is 2.10. The fourth-order valence-corrected chi connectivity index (χ4v) is 2.55. The minimum atomic E-state index is -0.845. The molecule has 0 radical (unpaired) electrons. The second kappa shape index (κ2) is 8.32. The first-order valence-electron chi connectivity index (χ1n) is 7.52. The lowest BCUT2D eigenvalue weighted by atomic mass is 9.89. The highest BCUT2D eigenvalue weighted by atomic mass is 79.9. The van der Waals surface area contributed by atoms with Crippen molar-refractivity contribution in [2.45, 2.75) is 40.0 Å². The molecule has 1 unspecified atom stereocenters. The number of amides is 1. The average Bonchev–Trinajstić information content (AvgIpc) is 2.45. The molecule has 2 N–H and O–H groups in total. The van der Waals surface area contributed by atoms with E-state index in [2.05, 4.69) is 21.2 Å². The Labute approximate surface area is 140 Å². The van der Waals surface area contributed by atoms with E-state index in [-0.39, 0.29) is 11.8 Å². The minimum absolute atomic E-state index is 0.0144. The van der Waals surface area contributed by atoms with Crippen LogP contribution >= 0.6 is 15.9 Å². The fraction of sp³-hybridized carbons (Fsp3) is 0.529. The van der Waals surface area contributed by atoms with Crippen LogP contribution in [0.3, 0.4) is 0 Å². The smallest absolute Gasteiger partial charge is 0.309 e. The van der Waals surface area contributed by atoms with E-state index in [9.17, 15) is 9.59 Å². The van der Waals surface area contributed by atoms with E-state index >= 15 is 0 Å². The molecule has 4 nitrogen and oxygen atoms in total. The molecule has 122 valence electrons. The third-order valence-corrected chi connectivity index (χ3v) is 4.69. The van der Waals surface area contributed by atoms with E-state index in [0.29, 0.717) is 19.4 Å². The monoisotopic (exact) mass is 369 g/mol. The standard InChI is InChI=1S/C17H24BrNO3/c1-4-12(11-13-7-5-6-8-14(13)18)15(20)19-10-9-17(2,3)16(21)22/h5-8,12H,4,9-11H2,1-3H3,(H,19,20)(H,21,22). The molecular weight excluding hydrogens is 346 g/mol. The predicted octanol–water partition coefficient (Wildman–Crippen LogP) is 3.63. The van der Waals surface area contributed by atoms with Crippen LogP contribution in [0.1, 0.15) is 39.2 Å². The summed E-state index contributed by atoms with van der Waals surface area (Å²) in [6, 6.07) is 7.88. The van der Waals surface area contributed by atoms with Gasteiger partial charge in [0, 0.05) is 16.9 Å². The highest BCUT2D eigenvalue weighted by molar-refractivity contribution is 9.10. The maximum absolute atomic E-state index is 12.3. The summed E-state index contributed by atoms with van der Waals surface area (Å²) in [7, 11) is 0. The molecule has 0 spiro atoms. The van der Waals surface area contributed by atoms with E-state index in [1.165, 1.54) is 0 Å². The Balaban J connectivity index is 2.55. The highest BCUT2D eigenvalue weighted by Gasteiger charge is 2.27. The predicted molar refractivity (Wildman–Crippen MR) is 90.7 cm³/mol. The summed E-state index contributed by atoms with van der Waals surface area (Å²) in [5.41, 5.74) is 0.285. The van der Waals surface area contributed by atoms with Gasteiger partial charge < -0.3 is 10.4 Å². The van der Waals surface area contributed by atoms with Crippen LogP contribution in [0.15, 0.2) is 28.7 Å². The molecule has 0 aliphatic heterocycles. The molecule has 0 saturated heterocycles. The van der Waals surface area contributed by atoms with E-state index in [1.54, 1.807) is 13.8 Å². The molecule has 0 aliphatic rings. The molecule has 0 aromatic heterocycles. The molecule has 5 heteroatoms. The first-order valence-corrected chi connectivity index (χ1v) is 8.31. The summed E-state index contributed by atoms with van der Waals surface area (Å²) in [5.74, 6) is -0.965. The lowest BCUT2D eigenvalue weighted by molar-refractivity contribution is -0.147. The second-order valence-electron chi connectivity index (χ2n) is 6.13. The topological polar surface area (TPSA) is 66.4 Å². The Hall–Kier alpha value is -1.36. The summed E-state index contributed by atoms with van der Waals surface area (Å²) in [6.45, 7) is 5.70. The normalized spacial score (nSPS) is 12.7. The van der Waals surface area contributed by atoms with Gasteiger partial charge >= 0.3 is 5.97 Å². The van der Waals surface area contributed by atoms with Crippen molar-refractivity contribution in [2.24, 2.45) is 11.3 Å². The van der Waals surface area contributed by atoms with Crippen LogP contribution in [0.4, 0.5) is 0 Å². The van der Waals surface area contributed by atoms with Crippen LogP contribution in [0, 0.1) is 11.3 Å². The van der Waals surface area contributed by atoms with Crippen molar-refractivity contribution in [3.63, 3.8) is 0 Å². The van der Waals surface area contributed by atoms with Crippen LogP contribution in [0.5, 0.6) is 0 Å². The van der Waals surface area contributed by atoms with Crippen LogP contribution in [0.25, 0.3) is 0 Å². The molecule has 0 heterocycles. The minimum Gasteiger partial charge on any atom is -0.481 e. The first kappa shape index (κ1) is 18.7. The number of benzene rings is 1. The Morgan fingerprint density at radius 3 is 2.50 bits per heavy atom. The van der Waals surface area contributed by atoms with Crippen molar-refractivity contribution in [2.75, 3.05) is 6.54 Å². The third-order valence-electron chi connectivity index (χ3n) is 3.92. The van der Waals surface area contributed by atoms with Gasteiger partial charge in [0.25, 0.3) is 0 Å². The molecule has 1 amide bonds. The lowest BCUT2D eigenvalue weighted by Gasteiger charge is -2.20. The molecule has 1 aromatic rings. The summed E-state index contributed by atoms with van der Waals surface area (Å²) >= 11 is 3.50. The van der Waals surface area contributed by atoms with Crippen molar-refractivity contribution in [1.82, 2.24) is 5.32 Å². The van der Waals surface area contributed by atoms with Crippen molar-refractivity contribution in [3.8, 4) is 0 Å². The van der Waals surface area contributed by atoms with Crippen molar-refractivity contribution in [3.05, 3.63) is 34.3 Å². The Morgan fingerprint density at radius 1 is 1.32 bits per heavy atom. The highest BCUT2D eigenvalue weighted by Crippen LogP contribution is 2.22. The van der Waals surface area contributed by atoms with Gasteiger partial charge in [0.1, 0.15) is 0 Å². The molecular formula is C17H24BrNO3. The Morgan fingerprint density at radius 2 is 1.95 bits per heavy atom. The Bertz CT molecular complexity index is 528. The molecule has 0 saturated carbocycles. The van der Waals surface area contributed by atoms with Gasteiger partial charge in [0.2, 0.25) is 5.91 Å². The van der Waals surface area contributed by atoms with Gasteiger partial charge in [0.15, 0.2) is 0 Å². The maximum atomic E-state index is 12.3.